The first-order valence-electron chi connectivity index (χ1n) is 8.82. The van der Waals surface area contributed by atoms with Gasteiger partial charge in [-0.15, -0.1) is 0 Å². The maximum Gasteiger partial charge on any atom is 0.254 e. The van der Waals surface area contributed by atoms with E-state index >= 15 is 0 Å². The summed E-state index contributed by atoms with van der Waals surface area (Å²) < 4.78 is 33.7. The molecule has 1 aliphatic heterocycles. The van der Waals surface area contributed by atoms with E-state index in [2.05, 4.69) is 4.72 Å². The van der Waals surface area contributed by atoms with E-state index in [4.69, 9.17) is 4.74 Å². The van der Waals surface area contributed by atoms with Crippen molar-refractivity contribution in [3.63, 3.8) is 0 Å². The Morgan fingerprint density at radius 3 is 2.46 bits per heavy atom. The van der Waals surface area contributed by atoms with Crippen LogP contribution in [0.4, 0.5) is 0 Å². The Labute approximate surface area is 157 Å². The summed E-state index contributed by atoms with van der Waals surface area (Å²) in [7, 11) is -3.70. The second-order valence-electron chi connectivity index (χ2n) is 8.71. The first-order valence-corrected chi connectivity index (χ1v) is 10.3. The highest BCUT2D eigenvalue weighted by molar-refractivity contribution is 7.89. The first kappa shape index (κ1) is 20.9. The van der Waals surface area contributed by atoms with Gasteiger partial charge in [0, 0.05) is 24.2 Å². The predicted octanol–water partition coefficient (Wildman–Crippen LogP) is 2.71. The molecule has 1 aromatic carbocycles. The number of carbonyl (C=O) groups excluding carboxylic acids is 1. The predicted molar refractivity (Wildman–Crippen MR) is 102 cm³/mol. The van der Waals surface area contributed by atoms with Gasteiger partial charge in [0.1, 0.15) is 0 Å². The van der Waals surface area contributed by atoms with E-state index in [1.54, 1.807) is 31.7 Å². The molecule has 146 valence electrons. The van der Waals surface area contributed by atoms with E-state index in [-0.39, 0.29) is 16.9 Å². The average Bonchev–Trinajstić information content (AvgIpc) is 2.42. The number of benzene rings is 1. The van der Waals surface area contributed by atoms with E-state index in [1.807, 2.05) is 27.7 Å². The van der Waals surface area contributed by atoms with Gasteiger partial charge in [-0.2, -0.15) is 0 Å². The molecule has 6 nitrogen and oxygen atoms in total. The zero-order valence-electron chi connectivity index (χ0n) is 16.7. The maximum absolute atomic E-state index is 13.1. The Morgan fingerprint density at radius 2 is 1.92 bits per heavy atom. The minimum absolute atomic E-state index is 0.0718. The molecule has 0 aliphatic carbocycles. The third-order valence-corrected chi connectivity index (χ3v) is 5.80. The number of morpholine rings is 1. The number of nitrogens with one attached hydrogen (secondary N) is 1. The van der Waals surface area contributed by atoms with Crippen molar-refractivity contribution in [3.05, 3.63) is 29.3 Å². The van der Waals surface area contributed by atoms with E-state index in [1.165, 1.54) is 12.1 Å². The third-order valence-electron chi connectivity index (χ3n) is 4.05. The zero-order chi connectivity index (χ0) is 19.9. The van der Waals surface area contributed by atoms with Gasteiger partial charge in [-0.05, 0) is 66.2 Å². The molecule has 0 aromatic heterocycles. The van der Waals surface area contributed by atoms with Crippen molar-refractivity contribution in [2.75, 3.05) is 13.1 Å². The Morgan fingerprint density at radius 1 is 1.31 bits per heavy atom. The highest BCUT2D eigenvalue weighted by atomic mass is 32.2. The summed E-state index contributed by atoms with van der Waals surface area (Å²) in [5.74, 6) is -0.168. The van der Waals surface area contributed by atoms with Crippen LogP contribution in [-0.4, -0.2) is 49.6 Å². The molecule has 26 heavy (non-hydrogen) atoms. The van der Waals surface area contributed by atoms with Crippen LogP contribution in [0.5, 0.6) is 0 Å². The fourth-order valence-electron chi connectivity index (χ4n) is 3.24. The average molecular weight is 383 g/mol. The van der Waals surface area contributed by atoms with Gasteiger partial charge in [-0.3, -0.25) is 4.79 Å². The lowest BCUT2D eigenvalue weighted by atomic mass is 10.0. The van der Waals surface area contributed by atoms with Gasteiger partial charge in [0.2, 0.25) is 10.0 Å². The van der Waals surface area contributed by atoms with E-state index in [0.717, 1.165) is 5.56 Å². The van der Waals surface area contributed by atoms with Gasteiger partial charge in [0.15, 0.2) is 0 Å². The lowest BCUT2D eigenvalue weighted by molar-refractivity contribution is -0.118. The van der Waals surface area contributed by atoms with Crippen LogP contribution in [-0.2, 0) is 14.8 Å². The van der Waals surface area contributed by atoms with Gasteiger partial charge in [0.05, 0.1) is 16.6 Å². The molecule has 1 unspecified atom stereocenters. The Balaban J connectivity index is 2.37. The Hall–Kier alpha value is -1.44. The number of rotatable bonds is 3. The van der Waals surface area contributed by atoms with Crippen LogP contribution in [0.3, 0.4) is 0 Å². The summed E-state index contributed by atoms with van der Waals surface area (Å²) in [5, 5.41) is 0. The van der Waals surface area contributed by atoms with E-state index in [9.17, 15) is 13.2 Å². The fourth-order valence-corrected chi connectivity index (χ4v) is 4.68. The molecule has 1 amide bonds. The van der Waals surface area contributed by atoms with E-state index in [0.29, 0.717) is 18.7 Å². The molecule has 1 fully saturated rings. The summed E-state index contributed by atoms with van der Waals surface area (Å²) in [5.41, 5.74) is 0.129. The zero-order valence-corrected chi connectivity index (χ0v) is 17.5. The fraction of sp³-hybridized carbons (Fsp3) is 0.632. The second-order valence-corrected chi connectivity index (χ2v) is 10.4. The van der Waals surface area contributed by atoms with Crippen LogP contribution in [0.15, 0.2) is 23.1 Å². The number of ether oxygens (including phenoxy) is 1. The number of sulfonamides is 1. The molecular weight excluding hydrogens is 352 g/mol. The third kappa shape index (κ3) is 5.05. The van der Waals surface area contributed by atoms with E-state index < -0.39 is 21.2 Å². The lowest BCUT2D eigenvalue weighted by Crippen LogP contribution is -2.53. The Bertz CT molecular complexity index is 794. The molecule has 1 atom stereocenters. The highest BCUT2D eigenvalue weighted by Gasteiger charge is 2.34. The molecule has 1 saturated heterocycles. The summed E-state index contributed by atoms with van der Waals surface area (Å²) >= 11 is 0. The van der Waals surface area contributed by atoms with Crippen molar-refractivity contribution < 1.29 is 17.9 Å². The van der Waals surface area contributed by atoms with Gasteiger partial charge < -0.3 is 9.64 Å². The van der Waals surface area contributed by atoms with Crippen LogP contribution < -0.4 is 4.72 Å². The van der Waals surface area contributed by atoms with Crippen LogP contribution in [0, 0.1) is 6.92 Å². The van der Waals surface area contributed by atoms with Gasteiger partial charge in [-0.25, -0.2) is 13.1 Å². The summed E-state index contributed by atoms with van der Waals surface area (Å²) in [6, 6.07) is 4.68. The summed E-state index contributed by atoms with van der Waals surface area (Å²) in [6.45, 7) is 13.9. The van der Waals surface area contributed by atoms with Gasteiger partial charge >= 0.3 is 0 Å². The minimum Gasteiger partial charge on any atom is -0.369 e. The van der Waals surface area contributed by atoms with Crippen molar-refractivity contribution in [1.82, 2.24) is 9.62 Å². The van der Waals surface area contributed by atoms with Crippen molar-refractivity contribution in [2.45, 2.75) is 70.6 Å². The quantitative estimate of drug-likeness (QED) is 0.872. The van der Waals surface area contributed by atoms with Crippen LogP contribution in [0.2, 0.25) is 0 Å². The van der Waals surface area contributed by atoms with Crippen molar-refractivity contribution in [3.8, 4) is 0 Å². The molecule has 0 spiro atoms. The number of aryl methyl sites for hydroxylation is 1. The van der Waals surface area contributed by atoms with Crippen LogP contribution in [0.25, 0.3) is 0 Å². The van der Waals surface area contributed by atoms with Gasteiger partial charge in [0.25, 0.3) is 5.91 Å². The minimum atomic E-state index is -3.70. The standard InChI is InChI=1S/C19H30N2O4S/c1-13-8-9-15(26(23,24)20-18(3,4)5)10-16(13)17(22)21-11-14(2)25-19(6,7)12-21/h8-10,14,20H,11-12H2,1-7H3. The maximum atomic E-state index is 13.1. The summed E-state index contributed by atoms with van der Waals surface area (Å²) in [4.78, 5) is 14.9. The Kier molecular flexibility index (Phi) is 5.57. The van der Waals surface area contributed by atoms with Crippen molar-refractivity contribution in [1.29, 1.82) is 0 Å². The number of carbonyl (C=O) groups is 1. The topological polar surface area (TPSA) is 75.7 Å². The van der Waals surface area contributed by atoms with Crippen molar-refractivity contribution >= 4 is 15.9 Å². The first-order chi connectivity index (χ1) is 11.7. The lowest BCUT2D eigenvalue weighted by Gasteiger charge is -2.41. The molecule has 1 aromatic rings. The number of amides is 1. The largest absolute Gasteiger partial charge is 0.369 e. The smallest absolute Gasteiger partial charge is 0.254 e. The highest BCUT2D eigenvalue weighted by Crippen LogP contribution is 2.24. The van der Waals surface area contributed by atoms with Crippen LogP contribution >= 0.6 is 0 Å². The molecule has 1 heterocycles. The molecule has 0 bridgehead atoms. The molecule has 1 aliphatic rings. The van der Waals surface area contributed by atoms with Crippen LogP contribution in [0.1, 0.15) is 57.5 Å². The molecular formula is C19H30N2O4S. The molecule has 0 saturated carbocycles. The van der Waals surface area contributed by atoms with Crippen molar-refractivity contribution in [2.24, 2.45) is 0 Å². The van der Waals surface area contributed by atoms with Gasteiger partial charge in [-0.1, -0.05) is 6.07 Å². The molecule has 2 rings (SSSR count). The molecule has 1 N–H and O–H groups in total. The normalized spacial score (nSPS) is 20.9. The molecule has 7 heteroatoms. The SMILES string of the molecule is Cc1ccc(S(=O)(=O)NC(C)(C)C)cc1C(=O)N1CC(C)OC(C)(C)C1. The monoisotopic (exact) mass is 382 g/mol. The second kappa shape index (κ2) is 6.94. The number of hydrogen-bond donors (Lipinski definition) is 1. The summed E-state index contributed by atoms with van der Waals surface area (Å²) in [6.07, 6.45) is -0.0718. The number of hydrogen-bond acceptors (Lipinski definition) is 4. The number of nitrogens with zero attached hydrogens (tertiary/aromatic N) is 1. The molecule has 0 radical (unpaired) electrons.